The number of H-pyrrole nitrogens is 1. The van der Waals surface area contributed by atoms with Gasteiger partial charge < -0.3 is 15.6 Å². The van der Waals surface area contributed by atoms with Crippen LogP contribution in [0.4, 0.5) is 0 Å². The monoisotopic (exact) mass is 396 g/mol. The van der Waals surface area contributed by atoms with Crippen molar-refractivity contribution in [1.29, 1.82) is 0 Å². The Morgan fingerprint density at radius 2 is 1.70 bits per heavy atom. The first-order valence-corrected chi connectivity index (χ1v) is 9.88. The third-order valence-corrected chi connectivity index (χ3v) is 5.40. The molecule has 3 N–H and O–H groups in total. The molecular weight excluding hydrogens is 376 g/mol. The highest BCUT2D eigenvalue weighted by molar-refractivity contribution is 5.99. The van der Waals surface area contributed by atoms with Crippen molar-refractivity contribution in [3.8, 4) is 0 Å². The smallest absolute Gasteiger partial charge is 0.252 e. The van der Waals surface area contributed by atoms with Crippen molar-refractivity contribution < 1.29 is 9.59 Å². The van der Waals surface area contributed by atoms with Crippen LogP contribution in [0.15, 0.2) is 78.9 Å². The summed E-state index contributed by atoms with van der Waals surface area (Å²) in [6.07, 6.45) is 0.159. The maximum Gasteiger partial charge on any atom is 0.252 e. The van der Waals surface area contributed by atoms with Crippen LogP contribution in [0.3, 0.4) is 0 Å². The standard InChI is InChI=1S/C24H20N4O2/c29-21(14-20-16-10-4-5-11-17(16)24(30)27-20)28-22(15-8-2-1-3-9-15)23-25-18-12-6-7-13-19(18)26-23/h1-13,20,22H,14H2,(H,25,26)(H,27,30)(H,28,29)/t20?,22-/m0/s1. The van der Waals surface area contributed by atoms with Crippen molar-refractivity contribution in [2.24, 2.45) is 0 Å². The maximum atomic E-state index is 13.0. The van der Waals surface area contributed by atoms with Gasteiger partial charge in [-0.15, -0.1) is 0 Å². The fourth-order valence-electron chi connectivity index (χ4n) is 3.95. The van der Waals surface area contributed by atoms with E-state index in [0.717, 1.165) is 22.2 Å². The molecule has 0 saturated carbocycles. The van der Waals surface area contributed by atoms with Gasteiger partial charge in [0.1, 0.15) is 11.9 Å². The van der Waals surface area contributed by atoms with Gasteiger partial charge in [-0.2, -0.15) is 0 Å². The predicted octanol–water partition coefficient (Wildman–Crippen LogP) is 3.64. The Kier molecular flexibility index (Phi) is 4.52. The number of imidazole rings is 1. The van der Waals surface area contributed by atoms with Crippen LogP contribution in [0, 0.1) is 0 Å². The van der Waals surface area contributed by atoms with Gasteiger partial charge in [0.2, 0.25) is 5.91 Å². The number of aromatic amines is 1. The number of hydrogen-bond donors (Lipinski definition) is 3. The second-order valence-corrected chi connectivity index (χ2v) is 7.37. The molecule has 4 aromatic rings. The van der Waals surface area contributed by atoms with E-state index < -0.39 is 6.04 Å². The molecule has 3 aromatic carbocycles. The lowest BCUT2D eigenvalue weighted by molar-refractivity contribution is -0.122. The van der Waals surface area contributed by atoms with Crippen LogP contribution in [0.2, 0.25) is 0 Å². The average molecular weight is 396 g/mol. The Morgan fingerprint density at radius 3 is 2.53 bits per heavy atom. The summed E-state index contributed by atoms with van der Waals surface area (Å²) in [6.45, 7) is 0. The Balaban J connectivity index is 1.42. The molecule has 30 heavy (non-hydrogen) atoms. The van der Waals surface area contributed by atoms with E-state index in [9.17, 15) is 9.59 Å². The zero-order chi connectivity index (χ0) is 20.5. The maximum absolute atomic E-state index is 13.0. The number of carbonyl (C=O) groups excluding carboxylic acids is 2. The number of rotatable bonds is 5. The molecule has 0 bridgehead atoms. The van der Waals surface area contributed by atoms with Crippen molar-refractivity contribution in [3.05, 3.63) is 101 Å². The van der Waals surface area contributed by atoms with E-state index in [1.165, 1.54) is 0 Å². The second kappa shape index (κ2) is 7.48. The Labute approximate surface area is 173 Å². The van der Waals surface area contributed by atoms with Gasteiger partial charge in [-0.3, -0.25) is 9.59 Å². The van der Waals surface area contributed by atoms with E-state index in [2.05, 4.69) is 20.6 Å². The van der Waals surface area contributed by atoms with E-state index in [4.69, 9.17) is 0 Å². The molecule has 5 rings (SSSR count). The van der Waals surface area contributed by atoms with E-state index >= 15 is 0 Å². The van der Waals surface area contributed by atoms with Gasteiger partial charge in [0.15, 0.2) is 0 Å². The summed E-state index contributed by atoms with van der Waals surface area (Å²) in [4.78, 5) is 33.2. The summed E-state index contributed by atoms with van der Waals surface area (Å²) >= 11 is 0. The zero-order valence-electron chi connectivity index (χ0n) is 16.1. The molecule has 2 atom stereocenters. The molecular formula is C24H20N4O2. The molecule has 6 heteroatoms. The van der Waals surface area contributed by atoms with Crippen molar-refractivity contribution in [2.45, 2.75) is 18.5 Å². The molecule has 2 amide bonds. The molecule has 1 aliphatic heterocycles. The van der Waals surface area contributed by atoms with Crippen LogP contribution in [0.25, 0.3) is 11.0 Å². The SMILES string of the molecule is O=C(CC1NC(=O)c2ccccc21)N[C@@H](c1ccccc1)c1nc2ccccc2[nH]1. The zero-order valence-corrected chi connectivity index (χ0v) is 16.1. The van der Waals surface area contributed by atoms with Crippen LogP contribution in [-0.2, 0) is 4.79 Å². The van der Waals surface area contributed by atoms with Gasteiger partial charge in [0.25, 0.3) is 5.91 Å². The largest absolute Gasteiger partial charge is 0.345 e. The summed E-state index contributed by atoms with van der Waals surface area (Å²) in [5.41, 5.74) is 4.19. The fourth-order valence-corrected chi connectivity index (χ4v) is 3.95. The first-order chi connectivity index (χ1) is 14.7. The highest BCUT2D eigenvalue weighted by atomic mass is 16.2. The minimum atomic E-state index is -0.418. The number of fused-ring (bicyclic) bond motifs is 2. The minimum Gasteiger partial charge on any atom is -0.345 e. The number of aromatic nitrogens is 2. The number of nitrogens with zero attached hydrogens (tertiary/aromatic N) is 1. The lowest BCUT2D eigenvalue weighted by Crippen LogP contribution is -2.33. The quantitative estimate of drug-likeness (QED) is 0.481. The normalized spacial score (nSPS) is 16.1. The highest BCUT2D eigenvalue weighted by Crippen LogP contribution is 2.28. The topological polar surface area (TPSA) is 86.9 Å². The number of benzene rings is 3. The molecule has 0 spiro atoms. The third kappa shape index (κ3) is 3.33. The van der Waals surface area contributed by atoms with Gasteiger partial charge in [-0.1, -0.05) is 60.7 Å². The Morgan fingerprint density at radius 1 is 0.967 bits per heavy atom. The number of nitrogens with one attached hydrogen (secondary N) is 3. The lowest BCUT2D eigenvalue weighted by atomic mass is 10.0. The van der Waals surface area contributed by atoms with Crippen molar-refractivity contribution in [2.75, 3.05) is 0 Å². The minimum absolute atomic E-state index is 0.139. The Hall–Kier alpha value is -3.93. The third-order valence-electron chi connectivity index (χ3n) is 5.40. The van der Waals surface area contributed by atoms with Crippen molar-refractivity contribution in [3.63, 3.8) is 0 Å². The van der Waals surface area contributed by atoms with E-state index in [1.807, 2.05) is 72.8 Å². The lowest BCUT2D eigenvalue weighted by Gasteiger charge is -2.19. The van der Waals surface area contributed by atoms with Crippen LogP contribution in [0.1, 0.15) is 45.8 Å². The molecule has 6 nitrogen and oxygen atoms in total. The first-order valence-electron chi connectivity index (χ1n) is 9.88. The number of carbonyl (C=O) groups is 2. The molecule has 0 saturated heterocycles. The molecule has 1 aliphatic rings. The van der Waals surface area contributed by atoms with Crippen LogP contribution >= 0.6 is 0 Å². The van der Waals surface area contributed by atoms with Crippen LogP contribution in [-0.4, -0.2) is 21.8 Å². The van der Waals surface area contributed by atoms with E-state index in [-0.39, 0.29) is 24.3 Å². The van der Waals surface area contributed by atoms with Gasteiger partial charge in [0.05, 0.1) is 23.5 Å². The summed E-state index contributed by atoms with van der Waals surface area (Å²) in [5, 5.41) is 6.00. The van der Waals surface area contributed by atoms with Crippen molar-refractivity contribution in [1.82, 2.24) is 20.6 Å². The first kappa shape index (κ1) is 18.1. The molecule has 148 valence electrons. The molecule has 0 radical (unpaired) electrons. The fraction of sp³-hybridized carbons (Fsp3) is 0.125. The van der Waals surface area contributed by atoms with Crippen molar-refractivity contribution >= 4 is 22.8 Å². The summed E-state index contributed by atoms with van der Waals surface area (Å²) in [6, 6.07) is 24.1. The van der Waals surface area contributed by atoms with Gasteiger partial charge in [-0.25, -0.2) is 4.98 Å². The van der Waals surface area contributed by atoms with E-state index in [0.29, 0.717) is 11.4 Å². The van der Waals surface area contributed by atoms with E-state index in [1.54, 1.807) is 6.07 Å². The molecule has 0 fully saturated rings. The number of hydrogen-bond acceptors (Lipinski definition) is 3. The second-order valence-electron chi connectivity index (χ2n) is 7.37. The van der Waals surface area contributed by atoms with Gasteiger partial charge >= 0.3 is 0 Å². The highest BCUT2D eigenvalue weighted by Gasteiger charge is 2.30. The molecule has 0 aliphatic carbocycles. The van der Waals surface area contributed by atoms with Gasteiger partial charge in [0, 0.05) is 5.56 Å². The number of para-hydroxylation sites is 2. The summed E-state index contributed by atoms with van der Waals surface area (Å²) in [5.74, 6) is 0.373. The molecule has 2 heterocycles. The van der Waals surface area contributed by atoms with Crippen LogP contribution < -0.4 is 10.6 Å². The van der Waals surface area contributed by atoms with Crippen LogP contribution in [0.5, 0.6) is 0 Å². The summed E-state index contributed by atoms with van der Waals surface area (Å²) in [7, 11) is 0. The average Bonchev–Trinajstić information content (AvgIpc) is 3.34. The summed E-state index contributed by atoms with van der Waals surface area (Å²) < 4.78 is 0. The molecule has 1 unspecified atom stereocenters. The molecule has 1 aromatic heterocycles. The Bertz CT molecular complexity index is 1200. The number of amides is 2. The van der Waals surface area contributed by atoms with Gasteiger partial charge in [-0.05, 0) is 29.3 Å². The predicted molar refractivity (Wildman–Crippen MR) is 114 cm³/mol.